The molecule has 0 amide bonds. The van der Waals surface area contributed by atoms with Gasteiger partial charge in [0.25, 0.3) is 5.56 Å². The standard InChI is InChI=1S/C12H14BrClN4O/c1-3-9-11(14)10(17(2)16-9)6-18-5-7(15)4-8(13)12(18)19/h4-5H,3,6,15H2,1-2H3. The Hall–Kier alpha value is -1.27. The van der Waals surface area contributed by atoms with Crippen LogP contribution in [0.5, 0.6) is 0 Å². The highest BCUT2D eigenvalue weighted by atomic mass is 79.9. The summed E-state index contributed by atoms with van der Waals surface area (Å²) >= 11 is 9.47. The molecule has 102 valence electrons. The number of hydrogen-bond donors (Lipinski definition) is 1. The Balaban J connectivity index is 2.48. The molecule has 0 aromatic carbocycles. The SMILES string of the molecule is CCc1nn(C)c(Cn2cc(N)cc(Br)c2=O)c1Cl. The van der Waals surface area contributed by atoms with Crippen LogP contribution >= 0.6 is 27.5 Å². The number of aromatic nitrogens is 3. The summed E-state index contributed by atoms with van der Waals surface area (Å²) in [5.41, 5.74) is 7.73. The summed E-state index contributed by atoms with van der Waals surface area (Å²) in [4.78, 5) is 12.0. The van der Waals surface area contributed by atoms with Crippen LogP contribution in [0.25, 0.3) is 0 Å². The largest absolute Gasteiger partial charge is 0.398 e. The first-order chi connectivity index (χ1) is 8.93. The predicted octanol–water partition coefficient (Wildman–Crippen LogP) is 2.19. The molecule has 0 unspecified atom stereocenters. The maximum absolute atomic E-state index is 12.0. The summed E-state index contributed by atoms with van der Waals surface area (Å²) < 4.78 is 3.65. The molecule has 2 aromatic heterocycles. The van der Waals surface area contributed by atoms with Crippen LogP contribution < -0.4 is 11.3 Å². The van der Waals surface area contributed by atoms with E-state index < -0.39 is 0 Å². The number of aryl methyl sites for hydroxylation is 2. The van der Waals surface area contributed by atoms with E-state index in [4.69, 9.17) is 17.3 Å². The molecular weight excluding hydrogens is 332 g/mol. The molecule has 0 aliphatic rings. The molecular formula is C12H14BrClN4O. The predicted molar refractivity (Wildman–Crippen MR) is 79.5 cm³/mol. The summed E-state index contributed by atoms with van der Waals surface area (Å²) in [7, 11) is 1.81. The van der Waals surface area contributed by atoms with Gasteiger partial charge in [-0.2, -0.15) is 5.10 Å². The van der Waals surface area contributed by atoms with E-state index in [0.29, 0.717) is 21.7 Å². The molecule has 0 saturated heterocycles. The summed E-state index contributed by atoms with van der Waals surface area (Å²) in [6.07, 6.45) is 2.35. The second-order valence-electron chi connectivity index (χ2n) is 4.24. The number of hydrogen-bond acceptors (Lipinski definition) is 3. The van der Waals surface area contributed by atoms with Gasteiger partial charge >= 0.3 is 0 Å². The minimum absolute atomic E-state index is 0.149. The second kappa shape index (κ2) is 5.38. The van der Waals surface area contributed by atoms with Crippen molar-refractivity contribution >= 4 is 33.2 Å². The molecule has 0 fully saturated rings. The van der Waals surface area contributed by atoms with Gasteiger partial charge in [-0.3, -0.25) is 9.48 Å². The molecule has 5 nitrogen and oxygen atoms in total. The highest BCUT2D eigenvalue weighted by molar-refractivity contribution is 9.10. The first-order valence-corrected chi connectivity index (χ1v) is 6.96. The lowest BCUT2D eigenvalue weighted by molar-refractivity contribution is 0.648. The third-order valence-electron chi connectivity index (χ3n) is 2.89. The van der Waals surface area contributed by atoms with Gasteiger partial charge in [0.05, 0.1) is 27.4 Å². The topological polar surface area (TPSA) is 65.8 Å². The Morgan fingerprint density at radius 3 is 2.79 bits per heavy atom. The van der Waals surface area contributed by atoms with Gasteiger partial charge in [0.15, 0.2) is 0 Å². The normalized spacial score (nSPS) is 10.9. The molecule has 2 rings (SSSR count). The number of halogens is 2. The molecule has 0 radical (unpaired) electrons. The highest BCUT2D eigenvalue weighted by Gasteiger charge is 2.14. The first-order valence-electron chi connectivity index (χ1n) is 5.79. The first kappa shape index (κ1) is 14.1. The molecule has 0 atom stereocenters. The number of nitrogens with zero attached hydrogens (tertiary/aromatic N) is 3. The van der Waals surface area contributed by atoms with Crippen molar-refractivity contribution in [1.82, 2.24) is 14.3 Å². The van der Waals surface area contributed by atoms with Crippen molar-refractivity contribution in [2.24, 2.45) is 7.05 Å². The van der Waals surface area contributed by atoms with Crippen molar-refractivity contribution in [3.8, 4) is 0 Å². The lowest BCUT2D eigenvalue weighted by atomic mass is 10.3. The van der Waals surface area contributed by atoms with E-state index in [0.717, 1.165) is 17.8 Å². The smallest absolute Gasteiger partial charge is 0.265 e. The van der Waals surface area contributed by atoms with E-state index in [1.54, 1.807) is 16.9 Å². The van der Waals surface area contributed by atoms with Crippen molar-refractivity contribution in [2.45, 2.75) is 19.9 Å². The van der Waals surface area contributed by atoms with Gasteiger partial charge in [0.1, 0.15) is 0 Å². The van der Waals surface area contributed by atoms with Crippen LogP contribution in [0, 0.1) is 0 Å². The molecule has 19 heavy (non-hydrogen) atoms. The number of anilines is 1. The Bertz CT molecular complexity index is 677. The average Bonchev–Trinajstić information content (AvgIpc) is 2.62. The molecule has 0 spiro atoms. The number of nitrogens with two attached hydrogens (primary N) is 1. The molecule has 0 saturated carbocycles. The monoisotopic (exact) mass is 344 g/mol. The summed E-state index contributed by atoms with van der Waals surface area (Å²) in [5, 5.41) is 4.93. The van der Waals surface area contributed by atoms with Crippen molar-refractivity contribution < 1.29 is 0 Å². The average molecular weight is 346 g/mol. The zero-order valence-electron chi connectivity index (χ0n) is 10.7. The molecule has 2 N–H and O–H groups in total. The Morgan fingerprint density at radius 1 is 1.53 bits per heavy atom. The molecule has 0 bridgehead atoms. The van der Waals surface area contributed by atoms with E-state index in [2.05, 4.69) is 21.0 Å². The lowest BCUT2D eigenvalue weighted by Gasteiger charge is -2.08. The van der Waals surface area contributed by atoms with E-state index in [9.17, 15) is 4.79 Å². The van der Waals surface area contributed by atoms with Crippen LogP contribution in [-0.4, -0.2) is 14.3 Å². The molecule has 0 aliphatic carbocycles. The molecule has 7 heteroatoms. The maximum atomic E-state index is 12.0. The third-order valence-corrected chi connectivity index (χ3v) is 3.89. The number of pyridine rings is 1. The lowest BCUT2D eigenvalue weighted by Crippen LogP contribution is -2.22. The summed E-state index contributed by atoms with van der Waals surface area (Å²) in [6.45, 7) is 2.33. The van der Waals surface area contributed by atoms with E-state index in [1.165, 1.54) is 4.57 Å². The minimum atomic E-state index is -0.149. The van der Waals surface area contributed by atoms with Crippen LogP contribution in [0.15, 0.2) is 21.5 Å². The number of nitrogen functional groups attached to an aromatic ring is 1. The quantitative estimate of drug-likeness (QED) is 0.927. The zero-order valence-corrected chi connectivity index (χ0v) is 13.0. The van der Waals surface area contributed by atoms with Crippen molar-refractivity contribution in [3.63, 3.8) is 0 Å². The van der Waals surface area contributed by atoms with Crippen molar-refractivity contribution in [3.05, 3.63) is 43.5 Å². The van der Waals surface area contributed by atoms with Gasteiger partial charge in [0.2, 0.25) is 0 Å². The third kappa shape index (κ3) is 2.69. The van der Waals surface area contributed by atoms with Crippen LogP contribution in [0.3, 0.4) is 0 Å². The summed E-state index contributed by atoms with van der Waals surface area (Å²) in [5.74, 6) is 0. The fourth-order valence-corrected chi connectivity index (χ4v) is 2.74. The van der Waals surface area contributed by atoms with Crippen LogP contribution in [-0.2, 0) is 20.0 Å². The molecule has 0 aliphatic heterocycles. The van der Waals surface area contributed by atoms with Crippen LogP contribution in [0.4, 0.5) is 5.69 Å². The van der Waals surface area contributed by atoms with E-state index in [-0.39, 0.29) is 5.56 Å². The molecule has 2 heterocycles. The Kier molecular flexibility index (Phi) is 4.01. The van der Waals surface area contributed by atoms with Gasteiger partial charge in [0, 0.05) is 18.9 Å². The minimum Gasteiger partial charge on any atom is -0.398 e. The van der Waals surface area contributed by atoms with Crippen molar-refractivity contribution in [2.75, 3.05) is 5.73 Å². The van der Waals surface area contributed by atoms with Gasteiger partial charge in [-0.05, 0) is 28.4 Å². The number of rotatable bonds is 3. The van der Waals surface area contributed by atoms with E-state index in [1.807, 2.05) is 14.0 Å². The molecule has 2 aromatic rings. The summed E-state index contributed by atoms with van der Waals surface area (Å²) in [6, 6.07) is 1.58. The van der Waals surface area contributed by atoms with E-state index >= 15 is 0 Å². The Morgan fingerprint density at radius 2 is 2.21 bits per heavy atom. The van der Waals surface area contributed by atoms with Gasteiger partial charge in [-0.15, -0.1) is 0 Å². The fraction of sp³-hybridized carbons (Fsp3) is 0.333. The zero-order chi connectivity index (χ0) is 14.2. The maximum Gasteiger partial charge on any atom is 0.265 e. The van der Waals surface area contributed by atoms with Gasteiger partial charge < -0.3 is 10.3 Å². The van der Waals surface area contributed by atoms with Crippen LogP contribution in [0.1, 0.15) is 18.3 Å². The second-order valence-corrected chi connectivity index (χ2v) is 5.47. The van der Waals surface area contributed by atoms with Crippen LogP contribution in [0.2, 0.25) is 5.02 Å². The van der Waals surface area contributed by atoms with Gasteiger partial charge in [-0.25, -0.2) is 0 Å². The highest BCUT2D eigenvalue weighted by Crippen LogP contribution is 2.21. The van der Waals surface area contributed by atoms with Gasteiger partial charge in [-0.1, -0.05) is 18.5 Å². The fourth-order valence-electron chi connectivity index (χ4n) is 1.89. The Labute approximate surface area is 124 Å². The van der Waals surface area contributed by atoms with Crippen molar-refractivity contribution in [1.29, 1.82) is 0 Å².